The van der Waals surface area contributed by atoms with Crippen LogP contribution in [0.15, 0.2) is 47.6 Å². The van der Waals surface area contributed by atoms with Crippen molar-refractivity contribution in [1.82, 2.24) is 0 Å². The molecule has 0 aromatic carbocycles. The first-order valence-electron chi connectivity index (χ1n) is 3.56. The van der Waals surface area contributed by atoms with Crippen molar-refractivity contribution in [3.63, 3.8) is 0 Å². The third kappa shape index (κ3) is 1.46. The molecule has 0 saturated heterocycles. The lowest BCUT2D eigenvalue weighted by Gasteiger charge is -2.17. The Morgan fingerprint density at radius 2 is 2.27 bits per heavy atom. The van der Waals surface area contributed by atoms with Crippen molar-refractivity contribution in [3.8, 4) is 0 Å². The number of halogens is 1. The van der Waals surface area contributed by atoms with E-state index in [4.69, 9.17) is 11.6 Å². The lowest BCUT2D eigenvalue weighted by Crippen LogP contribution is -2.01. The van der Waals surface area contributed by atoms with Crippen LogP contribution in [0.1, 0.15) is 6.92 Å². The van der Waals surface area contributed by atoms with Crippen molar-refractivity contribution in [1.29, 1.82) is 0 Å². The number of hydrogen-bond donors (Lipinski definition) is 0. The zero-order valence-corrected chi connectivity index (χ0v) is 7.36. The van der Waals surface area contributed by atoms with E-state index in [1.54, 1.807) is 6.08 Å². The van der Waals surface area contributed by atoms with E-state index in [0.717, 1.165) is 16.2 Å². The average Bonchev–Trinajstić information content (AvgIpc) is 1.99. The van der Waals surface area contributed by atoms with Crippen LogP contribution >= 0.6 is 11.6 Å². The molecule has 0 aromatic heterocycles. The van der Waals surface area contributed by atoms with Gasteiger partial charge in [0.1, 0.15) is 0 Å². The highest BCUT2D eigenvalue weighted by Gasteiger charge is 2.12. The van der Waals surface area contributed by atoms with Crippen LogP contribution in [0.4, 0.5) is 0 Å². The van der Waals surface area contributed by atoms with Gasteiger partial charge in [0.2, 0.25) is 0 Å². The number of allylic oxidation sites excluding steroid dienone is 6. The van der Waals surface area contributed by atoms with E-state index in [2.05, 4.69) is 20.1 Å². The zero-order chi connectivity index (χ0) is 8.43. The third-order valence-corrected chi connectivity index (χ3v) is 2.22. The molecule has 0 nitrogen and oxygen atoms in total. The van der Waals surface area contributed by atoms with Crippen LogP contribution in [0, 0.1) is 5.92 Å². The summed E-state index contributed by atoms with van der Waals surface area (Å²) in [6.07, 6.45) is 5.69. The molecule has 1 aliphatic carbocycles. The van der Waals surface area contributed by atoms with Crippen molar-refractivity contribution >= 4 is 11.6 Å². The molecule has 0 fully saturated rings. The Morgan fingerprint density at radius 1 is 1.64 bits per heavy atom. The van der Waals surface area contributed by atoms with Gasteiger partial charge in [-0.2, -0.15) is 0 Å². The minimum Gasteiger partial charge on any atom is -0.0984 e. The van der Waals surface area contributed by atoms with Gasteiger partial charge in [-0.1, -0.05) is 43.8 Å². The maximum absolute atomic E-state index is 5.90. The molecular weight excluding hydrogens is 156 g/mol. The highest BCUT2D eigenvalue weighted by atomic mass is 35.5. The molecule has 0 heterocycles. The van der Waals surface area contributed by atoms with E-state index < -0.39 is 0 Å². The quantitative estimate of drug-likeness (QED) is 0.560. The lowest BCUT2D eigenvalue weighted by atomic mass is 9.91. The largest absolute Gasteiger partial charge is 0.0984 e. The second kappa shape index (κ2) is 3.10. The highest BCUT2D eigenvalue weighted by Crippen LogP contribution is 2.30. The molecule has 1 heteroatoms. The van der Waals surface area contributed by atoms with Gasteiger partial charge in [0, 0.05) is 5.03 Å². The first kappa shape index (κ1) is 8.35. The summed E-state index contributed by atoms with van der Waals surface area (Å²) in [5, 5.41) is 0.739. The molecule has 1 atom stereocenters. The van der Waals surface area contributed by atoms with Crippen LogP contribution in [0.5, 0.6) is 0 Å². The molecular formula is C10H11Cl. The molecule has 0 bridgehead atoms. The maximum Gasteiger partial charge on any atom is 0.0477 e. The van der Waals surface area contributed by atoms with E-state index in [0.29, 0.717) is 5.92 Å². The average molecular weight is 167 g/mol. The molecule has 0 amide bonds. The fourth-order valence-corrected chi connectivity index (χ4v) is 1.33. The summed E-state index contributed by atoms with van der Waals surface area (Å²) >= 11 is 5.90. The Balaban J connectivity index is 3.08. The molecule has 0 radical (unpaired) electrons. The predicted molar refractivity (Wildman–Crippen MR) is 50.5 cm³/mol. The van der Waals surface area contributed by atoms with Gasteiger partial charge in [0.15, 0.2) is 0 Å². The Kier molecular flexibility index (Phi) is 2.35. The second-order valence-corrected chi connectivity index (χ2v) is 3.05. The van der Waals surface area contributed by atoms with Crippen molar-refractivity contribution in [2.45, 2.75) is 6.92 Å². The second-order valence-electron chi connectivity index (χ2n) is 2.64. The van der Waals surface area contributed by atoms with Crippen LogP contribution in [0.25, 0.3) is 0 Å². The van der Waals surface area contributed by atoms with Crippen LogP contribution < -0.4 is 0 Å². The van der Waals surface area contributed by atoms with Crippen LogP contribution in [0.3, 0.4) is 0 Å². The Labute approximate surface area is 72.6 Å². The van der Waals surface area contributed by atoms with Crippen LogP contribution in [0.2, 0.25) is 0 Å². The molecule has 0 spiro atoms. The minimum atomic E-state index is 0.380. The molecule has 0 aliphatic heterocycles. The molecule has 58 valence electrons. The van der Waals surface area contributed by atoms with E-state index >= 15 is 0 Å². The van der Waals surface area contributed by atoms with E-state index in [-0.39, 0.29) is 0 Å². The Morgan fingerprint density at radius 3 is 2.73 bits per heavy atom. The molecule has 1 rings (SSSR count). The van der Waals surface area contributed by atoms with Gasteiger partial charge in [-0.3, -0.25) is 0 Å². The first-order valence-corrected chi connectivity index (χ1v) is 3.94. The summed E-state index contributed by atoms with van der Waals surface area (Å²) in [5.41, 5.74) is 2.02. The molecule has 1 unspecified atom stereocenters. The third-order valence-electron chi connectivity index (χ3n) is 1.89. The monoisotopic (exact) mass is 166 g/mol. The zero-order valence-electron chi connectivity index (χ0n) is 6.60. The van der Waals surface area contributed by atoms with Gasteiger partial charge in [-0.05, 0) is 23.1 Å². The van der Waals surface area contributed by atoms with Gasteiger partial charge >= 0.3 is 0 Å². The normalized spacial score (nSPS) is 24.2. The summed E-state index contributed by atoms with van der Waals surface area (Å²) in [7, 11) is 0. The van der Waals surface area contributed by atoms with Gasteiger partial charge in [-0.15, -0.1) is 0 Å². The molecule has 11 heavy (non-hydrogen) atoms. The topological polar surface area (TPSA) is 0 Å². The minimum absolute atomic E-state index is 0.380. The molecule has 1 aliphatic rings. The maximum atomic E-state index is 5.90. The molecule has 0 aromatic rings. The van der Waals surface area contributed by atoms with Gasteiger partial charge in [0.05, 0.1) is 0 Å². The molecule has 0 saturated carbocycles. The summed E-state index contributed by atoms with van der Waals surface area (Å²) < 4.78 is 0. The summed E-state index contributed by atoms with van der Waals surface area (Å²) in [5.74, 6) is 0.380. The Bertz CT molecular complexity index is 256. The van der Waals surface area contributed by atoms with Crippen molar-refractivity contribution < 1.29 is 0 Å². The van der Waals surface area contributed by atoms with E-state index in [1.807, 2.05) is 12.2 Å². The fourth-order valence-electron chi connectivity index (χ4n) is 1.06. The smallest absolute Gasteiger partial charge is 0.0477 e. The molecule has 0 N–H and O–H groups in total. The number of hydrogen-bond acceptors (Lipinski definition) is 0. The Hall–Kier alpha value is -0.750. The van der Waals surface area contributed by atoms with Gasteiger partial charge < -0.3 is 0 Å². The van der Waals surface area contributed by atoms with Gasteiger partial charge in [0.25, 0.3) is 0 Å². The highest BCUT2D eigenvalue weighted by molar-refractivity contribution is 6.32. The van der Waals surface area contributed by atoms with Crippen LogP contribution in [-0.4, -0.2) is 0 Å². The first-order chi connectivity index (χ1) is 5.16. The number of rotatable bonds is 1. The lowest BCUT2D eigenvalue weighted by molar-refractivity contribution is 0.873. The van der Waals surface area contributed by atoms with E-state index in [1.165, 1.54) is 0 Å². The summed E-state index contributed by atoms with van der Waals surface area (Å²) in [6, 6.07) is 0. The summed E-state index contributed by atoms with van der Waals surface area (Å²) in [6.45, 7) is 9.70. The van der Waals surface area contributed by atoms with Gasteiger partial charge in [-0.25, -0.2) is 0 Å². The predicted octanol–water partition coefficient (Wildman–Crippen LogP) is 3.43. The van der Waals surface area contributed by atoms with Crippen molar-refractivity contribution in [2.75, 3.05) is 0 Å². The van der Waals surface area contributed by atoms with Crippen LogP contribution in [-0.2, 0) is 0 Å². The summed E-state index contributed by atoms with van der Waals surface area (Å²) in [4.78, 5) is 0. The fraction of sp³-hybridized carbons (Fsp3) is 0.200. The van der Waals surface area contributed by atoms with Crippen molar-refractivity contribution in [2.24, 2.45) is 5.92 Å². The van der Waals surface area contributed by atoms with Crippen molar-refractivity contribution in [3.05, 3.63) is 47.6 Å². The van der Waals surface area contributed by atoms with E-state index in [9.17, 15) is 0 Å². The SMILES string of the molecule is C=CC1=C(Cl)C=CC(C)C1=C. The standard InChI is InChI=1S/C10H11Cl/c1-4-9-8(3)7(2)5-6-10(9)11/h4-7H,1,3H2,2H3.